The van der Waals surface area contributed by atoms with Gasteiger partial charge in [0.1, 0.15) is 0 Å². The van der Waals surface area contributed by atoms with E-state index < -0.39 is 6.68 Å². The predicted octanol–water partition coefficient (Wildman–Crippen LogP) is 3.96. The molecule has 1 heterocycles. The molecule has 2 nitrogen and oxygen atoms in total. The SMILES string of the molecule is CCCOC[N+]1(C(C)(C)C)CCCC1.FC(F)F. The Morgan fingerprint density at radius 3 is 1.89 bits per heavy atom. The zero-order valence-corrected chi connectivity index (χ0v) is 12.0. The molecule has 0 radical (unpaired) electrons. The molecular weight excluding hydrogens is 243 g/mol. The number of hydrogen-bond acceptors (Lipinski definition) is 1. The maximum atomic E-state index is 9.67. The average molecular weight is 270 g/mol. The Bertz CT molecular complexity index is 208. The third-order valence-corrected chi connectivity index (χ3v) is 3.53. The summed E-state index contributed by atoms with van der Waals surface area (Å²) >= 11 is 0. The van der Waals surface area contributed by atoms with Gasteiger partial charge in [0.25, 0.3) is 0 Å². The molecule has 1 aliphatic heterocycles. The summed E-state index contributed by atoms with van der Waals surface area (Å²) in [5.74, 6) is 0. The highest BCUT2D eigenvalue weighted by molar-refractivity contribution is 4.67. The molecule has 0 bridgehead atoms. The van der Waals surface area contributed by atoms with E-state index >= 15 is 0 Å². The molecule has 1 rings (SSSR count). The lowest BCUT2D eigenvalue weighted by Crippen LogP contribution is -2.59. The smallest absolute Gasteiger partial charge is 0.332 e. The summed E-state index contributed by atoms with van der Waals surface area (Å²) in [5, 5.41) is 0. The normalized spacial score (nSPS) is 18.7. The van der Waals surface area contributed by atoms with Crippen LogP contribution in [-0.4, -0.2) is 43.1 Å². The molecular formula is C13H27F3NO+. The Balaban J connectivity index is 0.000000631. The lowest BCUT2D eigenvalue weighted by Gasteiger charge is -2.45. The minimum atomic E-state index is -3.67. The van der Waals surface area contributed by atoms with Crippen molar-refractivity contribution >= 4 is 0 Å². The Hall–Kier alpha value is -0.290. The second-order valence-electron chi connectivity index (χ2n) is 5.76. The predicted molar refractivity (Wildman–Crippen MR) is 67.2 cm³/mol. The minimum absolute atomic E-state index is 0.338. The van der Waals surface area contributed by atoms with Crippen molar-refractivity contribution in [1.29, 1.82) is 0 Å². The van der Waals surface area contributed by atoms with Crippen molar-refractivity contribution in [3.8, 4) is 0 Å². The molecule has 1 saturated heterocycles. The van der Waals surface area contributed by atoms with Crippen LogP contribution in [0.4, 0.5) is 13.2 Å². The van der Waals surface area contributed by atoms with Crippen LogP contribution in [0.2, 0.25) is 0 Å². The van der Waals surface area contributed by atoms with Crippen LogP contribution in [0.3, 0.4) is 0 Å². The molecule has 1 aliphatic rings. The van der Waals surface area contributed by atoms with Crippen molar-refractivity contribution in [2.24, 2.45) is 0 Å². The molecule has 0 saturated carbocycles. The lowest BCUT2D eigenvalue weighted by atomic mass is 10.0. The van der Waals surface area contributed by atoms with Crippen LogP contribution >= 0.6 is 0 Å². The molecule has 0 aliphatic carbocycles. The lowest BCUT2D eigenvalue weighted by molar-refractivity contribution is -0.976. The Labute approximate surface area is 109 Å². The highest BCUT2D eigenvalue weighted by Gasteiger charge is 2.42. The highest BCUT2D eigenvalue weighted by atomic mass is 19.4. The first-order valence-corrected chi connectivity index (χ1v) is 6.61. The summed E-state index contributed by atoms with van der Waals surface area (Å²) in [6.45, 7) is 9.95. The van der Waals surface area contributed by atoms with Gasteiger partial charge in [-0.15, -0.1) is 0 Å². The van der Waals surface area contributed by atoms with Crippen LogP contribution in [0.25, 0.3) is 0 Å². The van der Waals surface area contributed by atoms with E-state index in [4.69, 9.17) is 4.74 Å². The number of nitrogens with zero attached hydrogens (tertiary/aromatic N) is 1. The van der Waals surface area contributed by atoms with Crippen molar-refractivity contribution in [2.75, 3.05) is 26.4 Å². The molecule has 5 heteroatoms. The fourth-order valence-corrected chi connectivity index (χ4v) is 2.32. The Kier molecular flexibility index (Phi) is 7.87. The molecule has 0 N–H and O–H groups in total. The first-order chi connectivity index (χ1) is 8.25. The number of hydrogen-bond donors (Lipinski definition) is 0. The van der Waals surface area contributed by atoms with E-state index in [1.165, 1.54) is 25.9 Å². The summed E-state index contributed by atoms with van der Waals surface area (Å²) in [5.41, 5.74) is 0.338. The van der Waals surface area contributed by atoms with E-state index in [1.807, 2.05) is 0 Å². The van der Waals surface area contributed by atoms with E-state index in [-0.39, 0.29) is 0 Å². The summed E-state index contributed by atoms with van der Waals surface area (Å²) in [6.07, 6.45) is 3.86. The second-order valence-corrected chi connectivity index (χ2v) is 5.76. The number of ether oxygens (including phenoxy) is 1. The third-order valence-electron chi connectivity index (χ3n) is 3.53. The van der Waals surface area contributed by atoms with Gasteiger partial charge in [0.05, 0.1) is 25.2 Å². The van der Waals surface area contributed by atoms with E-state index in [0.717, 1.165) is 24.2 Å². The molecule has 0 aromatic carbocycles. The van der Waals surface area contributed by atoms with Crippen LogP contribution in [0.5, 0.6) is 0 Å². The van der Waals surface area contributed by atoms with Crippen molar-refractivity contribution in [2.45, 2.75) is 59.2 Å². The topological polar surface area (TPSA) is 9.23 Å². The summed E-state index contributed by atoms with van der Waals surface area (Å²) < 4.78 is 35.9. The van der Waals surface area contributed by atoms with Crippen molar-refractivity contribution in [1.82, 2.24) is 0 Å². The van der Waals surface area contributed by atoms with E-state index in [9.17, 15) is 13.2 Å². The molecule has 0 atom stereocenters. The van der Waals surface area contributed by atoms with Crippen molar-refractivity contribution < 1.29 is 22.4 Å². The standard InChI is InChI=1S/C12H26NO.CHF3/c1-5-10-14-11-13(12(2,3)4)8-6-7-9-13;2-1(3)4/h5-11H2,1-4H3;1H/q+1;. The summed E-state index contributed by atoms with van der Waals surface area (Å²) in [4.78, 5) is 0. The minimum Gasteiger partial charge on any atom is -0.332 e. The summed E-state index contributed by atoms with van der Waals surface area (Å²) in [7, 11) is 0. The number of alkyl halides is 3. The van der Waals surface area contributed by atoms with Crippen LogP contribution in [-0.2, 0) is 4.74 Å². The van der Waals surface area contributed by atoms with Gasteiger partial charge in [0.2, 0.25) is 0 Å². The first-order valence-electron chi connectivity index (χ1n) is 6.61. The Morgan fingerprint density at radius 2 is 1.56 bits per heavy atom. The van der Waals surface area contributed by atoms with Crippen LogP contribution < -0.4 is 0 Å². The zero-order chi connectivity index (χ0) is 14.2. The van der Waals surface area contributed by atoms with Crippen LogP contribution in [0, 0.1) is 0 Å². The van der Waals surface area contributed by atoms with Gasteiger partial charge in [-0.2, -0.15) is 13.2 Å². The van der Waals surface area contributed by atoms with Gasteiger partial charge in [-0.3, -0.25) is 4.48 Å². The fraction of sp³-hybridized carbons (Fsp3) is 1.00. The third kappa shape index (κ3) is 6.05. The van der Waals surface area contributed by atoms with Gasteiger partial charge in [0, 0.05) is 12.8 Å². The van der Waals surface area contributed by atoms with Crippen molar-refractivity contribution in [3.05, 3.63) is 0 Å². The quantitative estimate of drug-likeness (QED) is 0.555. The van der Waals surface area contributed by atoms with Gasteiger partial charge < -0.3 is 4.74 Å². The molecule has 0 spiro atoms. The maximum absolute atomic E-state index is 9.67. The van der Waals surface area contributed by atoms with Gasteiger partial charge >= 0.3 is 6.68 Å². The van der Waals surface area contributed by atoms with Gasteiger partial charge in [-0.25, -0.2) is 0 Å². The summed E-state index contributed by atoms with van der Waals surface area (Å²) in [6, 6.07) is 0. The molecule has 0 unspecified atom stereocenters. The highest BCUT2D eigenvalue weighted by Crippen LogP contribution is 2.30. The van der Waals surface area contributed by atoms with Crippen LogP contribution in [0.1, 0.15) is 47.0 Å². The molecule has 0 amide bonds. The molecule has 1 fully saturated rings. The monoisotopic (exact) mass is 270 g/mol. The van der Waals surface area contributed by atoms with Crippen LogP contribution in [0.15, 0.2) is 0 Å². The molecule has 18 heavy (non-hydrogen) atoms. The van der Waals surface area contributed by atoms with E-state index in [2.05, 4.69) is 27.7 Å². The van der Waals surface area contributed by atoms with E-state index in [1.54, 1.807) is 0 Å². The average Bonchev–Trinajstić information content (AvgIpc) is 2.66. The first kappa shape index (κ1) is 17.7. The molecule has 110 valence electrons. The van der Waals surface area contributed by atoms with Gasteiger partial charge in [-0.1, -0.05) is 6.92 Å². The Morgan fingerprint density at radius 1 is 1.11 bits per heavy atom. The number of quaternary nitrogens is 1. The zero-order valence-electron chi connectivity index (χ0n) is 12.0. The second kappa shape index (κ2) is 8.00. The van der Waals surface area contributed by atoms with E-state index in [0.29, 0.717) is 5.54 Å². The largest absolute Gasteiger partial charge is 0.379 e. The number of halogens is 3. The number of likely N-dealkylation sites (tertiary alicyclic amines) is 1. The van der Waals surface area contributed by atoms with Gasteiger partial charge in [0.15, 0.2) is 6.73 Å². The molecule has 0 aromatic rings. The number of rotatable bonds is 4. The molecule has 0 aromatic heterocycles. The maximum Gasteiger partial charge on any atom is 0.379 e. The fourth-order valence-electron chi connectivity index (χ4n) is 2.32. The van der Waals surface area contributed by atoms with Crippen molar-refractivity contribution in [3.63, 3.8) is 0 Å². The van der Waals surface area contributed by atoms with Gasteiger partial charge in [-0.05, 0) is 27.2 Å².